The van der Waals surface area contributed by atoms with Gasteiger partial charge in [0.15, 0.2) is 6.61 Å². The quantitative estimate of drug-likeness (QED) is 0.796. The van der Waals surface area contributed by atoms with Gasteiger partial charge in [0.1, 0.15) is 5.75 Å². The second-order valence-corrected chi connectivity index (χ2v) is 6.56. The smallest absolute Gasteiger partial charge is 0.260 e. The summed E-state index contributed by atoms with van der Waals surface area (Å²) in [5.74, 6) is 0.692. The van der Waals surface area contributed by atoms with Crippen molar-refractivity contribution in [2.45, 2.75) is 19.4 Å². The molecule has 1 aliphatic heterocycles. The number of hydrogen-bond donors (Lipinski definition) is 0. The van der Waals surface area contributed by atoms with Crippen LogP contribution in [-0.2, 0) is 9.53 Å². The van der Waals surface area contributed by atoms with E-state index in [0.717, 1.165) is 18.5 Å². The van der Waals surface area contributed by atoms with E-state index in [2.05, 4.69) is 4.90 Å². The Kier molecular flexibility index (Phi) is 6.69. The van der Waals surface area contributed by atoms with Gasteiger partial charge < -0.3 is 19.3 Å². The minimum atomic E-state index is -0.00231. The van der Waals surface area contributed by atoms with Crippen molar-refractivity contribution in [2.24, 2.45) is 0 Å². The van der Waals surface area contributed by atoms with Crippen LogP contribution in [-0.4, -0.2) is 68.8 Å². The van der Waals surface area contributed by atoms with Gasteiger partial charge in [-0.15, -0.1) is 0 Å². The van der Waals surface area contributed by atoms with E-state index in [4.69, 9.17) is 21.1 Å². The molecule has 0 aromatic heterocycles. The lowest BCUT2D eigenvalue weighted by Gasteiger charge is -2.33. The molecule has 1 atom stereocenters. The van der Waals surface area contributed by atoms with Crippen LogP contribution in [0.4, 0.5) is 0 Å². The number of halogens is 1. The molecule has 0 unspecified atom stereocenters. The minimum absolute atomic E-state index is 0.00231. The Bertz CT molecular complexity index is 537. The second kappa shape index (κ2) is 8.52. The van der Waals surface area contributed by atoms with Gasteiger partial charge in [-0.2, -0.15) is 0 Å². The molecule has 1 aromatic rings. The summed E-state index contributed by atoms with van der Waals surface area (Å²) < 4.78 is 11.4. The van der Waals surface area contributed by atoms with Crippen molar-refractivity contribution in [2.75, 3.05) is 46.9 Å². The van der Waals surface area contributed by atoms with Gasteiger partial charge in [0.2, 0.25) is 0 Å². The van der Waals surface area contributed by atoms with Crippen molar-refractivity contribution in [3.05, 3.63) is 28.8 Å². The van der Waals surface area contributed by atoms with E-state index in [9.17, 15) is 4.79 Å². The monoisotopic (exact) mass is 340 g/mol. The molecular formula is C17H25ClN2O3. The average Bonchev–Trinajstić information content (AvgIpc) is 2.52. The minimum Gasteiger partial charge on any atom is -0.483 e. The maximum Gasteiger partial charge on any atom is 0.260 e. The predicted octanol–water partition coefficient (Wildman–Crippen LogP) is 2.21. The first-order chi connectivity index (χ1) is 11.0. The third kappa shape index (κ3) is 5.68. The van der Waals surface area contributed by atoms with Gasteiger partial charge in [-0.3, -0.25) is 4.79 Å². The van der Waals surface area contributed by atoms with Gasteiger partial charge in [-0.05, 0) is 51.2 Å². The number of carbonyl (C=O) groups excluding carboxylic acids is 1. The normalized spacial score (nSPS) is 18.3. The molecule has 0 radical (unpaired) electrons. The summed E-state index contributed by atoms with van der Waals surface area (Å²) in [6.45, 7) is 4.76. The van der Waals surface area contributed by atoms with E-state index in [-0.39, 0.29) is 18.6 Å². The third-order valence-corrected chi connectivity index (χ3v) is 4.11. The number of rotatable bonds is 6. The highest BCUT2D eigenvalue weighted by atomic mass is 35.5. The van der Waals surface area contributed by atoms with Gasteiger partial charge in [0, 0.05) is 24.7 Å². The lowest BCUT2D eigenvalue weighted by Crippen LogP contribution is -2.47. The highest BCUT2D eigenvalue weighted by Crippen LogP contribution is 2.22. The van der Waals surface area contributed by atoms with Crippen LogP contribution in [0.15, 0.2) is 18.2 Å². The molecule has 1 aromatic carbocycles. The Morgan fingerprint density at radius 2 is 2.26 bits per heavy atom. The van der Waals surface area contributed by atoms with Crippen molar-refractivity contribution in [1.82, 2.24) is 9.80 Å². The van der Waals surface area contributed by atoms with Crippen LogP contribution in [0.25, 0.3) is 0 Å². The zero-order valence-corrected chi connectivity index (χ0v) is 14.8. The van der Waals surface area contributed by atoms with E-state index in [1.54, 1.807) is 12.1 Å². The van der Waals surface area contributed by atoms with Gasteiger partial charge in [0.25, 0.3) is 5.91 Å². The molecule has 0 saturated carbocycles. The van der Waals surface area contributed by atoms with Crippen LogP contribution >= 0.6 is 11.6 Å². The first kappa shape index (κ1) is 18.0. The summed E-state index contributed by atoms with van der Waals surface area (Å²) in [5, 5.41) is 0.665. The summed E-state index contributed by atoms with van der Waals surface area (Å²) in [5.41, 5.74) is 0.927. The van der Waals surface area contributed by atoms with Gasteiger partial charge in [0.05, 0.1) is 12.7 Å². The molecule has 1 aliphatic rings. The Labute approximate surface area is 143 Å². The maximum atomic E-state index is 12.3. The van der Waals surface area contributed by atoms with Crippen molar-refractivity contribution in [1.29, 1.82) is 0 Å². The van der Waals surface area contributed by atoms with Crippen molar-refractivity contribution in [3.63, 3.8) is 0 Å². The highest BCUT2D eigenvalue weighted by Gasteiger charge is 2.24. The third-order valence-electron chi connectivity index (χ3n) is 3.88. The SMILES string of the molecule is Cc1cc(Cl)ccc1OCC(=O)N1CCO[C@H](CCN(C)C)C1. The van der Waals surface area contributed by atoms with Crippen molar-refractivity contribution < 1.29 is 14.3 Å². The number of benzene rings is 1. The van der Waals surface area contributed by atoms with E-state index in [1.165, 1.54) is 0 Å². The summed E-state index contributed by atoms with van der Waals surface area (Å²) >= 11 is 5.92. The fourth-order valence-electron chi connectivity index (χ4n) is 2.53. The lowest BCUT2D eigenvalue weighted by atomic mass is 10.2. The van der Waals surface area contributed by atoms with E-state index < -0.39 is 0 Å². The largest absolute Gasteiger partial charge is 0.483 e. The number of aryl methyl sites for hydroxylation is 1. The molecule has 2 rings (SSSR count). The molecule has 6 heteroatoms. The Morgan fingerprint density at radius 1 is 1.48 bits per heavy atom. The first-order valence-corrected chi connectivity index (χ1v) is 8.26. The number of hydrogen-bond acceptors (Lipinski definition) is 4. The van der Waals surface area contributed by atoms with Crippen LogP contribution in [0.2, 0.25) is 5.02 Å². The van der Waals surface area contributed by atoms with E-state index >= 15 is 0 Å². The first-order valence-electron chi connectivity index (χ1n) is 7.89. The molecule has 1 amide bonds. The Morgan fingerprint density at radius 3 is 2.96 bits per heavy atom. The standard InChI is InChI=1S/C17H25ClN2O3/c1-13-10-14(18)4-5-16(13)23-12-17(21)20-8-9-22-15(11-20)6-7-19(2)3/h4-5,10,15H,6-9,11-12H2,1-3H3/t15-/m1/s1. The Balaban J connectivity index is 1.82. The van der Waals surface area contributed by atoms with Crippen molar-refractivity contribution >= 4 is 17.5 Å². The number of amides is 1. The fraction of sp³-hybridized carbons (Fsp3) is 0.588. The number of carbonyl (C=O) groups is 1. The molecule has 5 nitrogen and oxygen atoms in total. The summed E-state index contributed by atoms with van der Waals surface area (Å²) in [7, 11) is 4.07. The zero-order chi connectivity index (χ0) is 16.8. The number of nitrogens with zero attached hydrogens (tertiary/aromatic N) is 2. The predicted molar refractivity (Wildman–Crippen MR) is 91.2 cm³/mol. The molecular weight excluding hydrogens is 316 g/mol. The van der Waals surface area contributed by atoms with E-state index in [0.29, 0.717) is 30.5 Å². The van der Waals surface area contributed by atoms with Crippen LogP contribution in [0, 0.1) is 6.92 Å². The topological polar surface area (TPSA) is 42.0 Å². The molecule has 1 heterocycles. The van der Waals surface area contributed by atoms with Gasteiger partial charge in [-0.1, -0.05) is 11.6 Å². The summed E-state index contributed by atoms with van der Waals surface area (Å²) in [6, 6.07) is 5.39. The molecule has 0 bridgehead atoms. The highest BCUT2D eigenvalue weighted by molar-refractivity contribution is 6.30. The van der Waals surface area contributed by atoms with Crippen molar-refractivity contribution in [3.8, 4) is 5.75 Å². The average molecular weight is 341 g/mol. The van der Waals surface area contributed by atoms with E-state index in [1.807, 2.05) is 32.0 Å². The molecule has 0 spiro atoms. The van der Waals surface area contributed by atoms with Gasteiger partial charge >= 0.3 is 0 Å². The molecule has 23 heavy (non-hydrogen) atoms. The summed E-state index contributed by atoms with van der Waals surface area (Å²) in [4.78, 5) is 16.3. The number of ether oxygens (including phenoxy) is 2. The molecule has 0 aliphatic carbocycles. The molecule has 1 saturated heterocycles. The maximum absolute atomic E-state index is 12.3. The summed E-state index contributed by atoms with van der Waals surface area (Å²) in [6.07, 6.45) is 1.03. The molecule has 128 valence electrons. The van der Waals surface area contributed by atoms with Crippen LogP contribution in [0.1, 0.15) is 12.0 Å². The lowest BCUT2D eigenvalue weighted by molar-refractivity contribution is -0.141. The Hall–Kier alpha value is -1.30. The molecule has 0 N–H and O–H groups in total. The van der Waals surface area contributed by atoms with Crippen LogP contribution < -0.4 is 4.74 Å². The molecule has 1 fully saturated rings. The van der Waals surface area contributed by atoms with Crippen LogP contribution in [0.5, 0.6) is 5.75 Å². The van der Waals surface area contributed by atoms with Gasteiger partial charge in [-0.25, -0.2) is 0 Å². The second-order valence-electron chi connectivity index (χ2n) is 6.12. The zero-order valence-electron chi connectivity index (χ0n) is 14.0. The number of morpholine rings is 1. The van der Waals surface area contributed by atoms with Crippen LogP contribution in [0.3, 0.4) is 0 Å². The fourth-order valence-corrected chi connectivity index (χ4v) is 2.75.